The fraction of sp³-hybridized carbons (Fsp3) is 0.412. The van der Waals surface area contributed by atoms with E-state index in [9.17, 15) is 9.59 Å². The molecule has 1 amide bonds. The molecule has 2 aromatic rings. The molecule has 134 valence electrons. The van der Waals surface area contributed by atoms with Crippen LogP contribution in [0.25, 0.3) is 10.8 Å². The fourth-order valence-electron chi connectivity index (χ4n) is 2.31. The lowest BCUT2D eigenvalue weighted by atomic mass is 10.1. The summed E-state index contributed by atoms with van der Waals surface area (Å²) in [7, 11) is 0. The second kappa shape index (κ2) is 8.57. The zero-order chi connectivity index (χ0) is 18.4. The van der Waals surface area contributed by atoms with Gasteiger partial charge in [-0.05, 0) is 37.5 Å². The molecule has 3 N–H and O–H groups in total. The van der Waals surface area contributed by atoms with E-state index in [2.05, 4.69) is 35.1 Å². The molecule has 0 atom stereocenters. The van der Waals surface area contributed by atoms with Gasteiger partial charge in [-0.3, -0.25) is 20.4 Å². The Balaban J connectivity index is 2.37. The molecule has 2 rings (SSSR count). The minimum atomic E-state index is -0.449. The molecule has 25 heavy (non-hydrogen) atoms. The van der Waals surface area contributed by atoms with Crippen molar-refractivity contribution in [2.75, 3.05) is 6.54 Å². The first-order chi connectivity index (χ1) is 11.9. The van der Waals surface area contributed by atoms with Gasteiger partial charge in [0.1, 0.15) is 0 Å². The third-order valence-corrected chi connectivity index (χ3v) is 3.87. The first-order valence-electron chi connectivity index (χ1n) is 8.28. The smallest absolute Gasteiger partial charge is 0.290 e. The van der Waals surface area contributed by atoms with Crippen molar-refractivity contribution in [3.63, 3.8) is 0 Å². The zero-order valence-corrected chi connectivity index (χ0v) is 15.4. The molecule has 0 bridgehead atoms. The molecule has 0 aliphatic heterocycles. The van der Waals surface area contributed by atoms with Gasteiger partial charge in [0.25, 0.3) is 11.5 Å². The van der Waals surface area contributed by atoms with Crippen molar-refractivity contribution in [2.45, 2.75) is 33.7 Å². The largest absolute Gasteiger partial charge is 0.362 e. The molecule has 0 fully saturated rings. The molecule has 0 saturated heterocycles. The molecule has 0 aliphatic rings. The highest BCUT2D eigenvalue weighted by atomic mass is 32.1. The lowest BCUT2D eigenvalue weighted by Crippen LogP contribution is -2.47. The Bertz CT molecular complexity index is 831. The maximum absolute atomic E-state index is 12.6. The second-order valence-electron chi connectivity index (χ2n) is 6.04. The molecule has 1 heterocycles. The fourth-order valence-corrected chi connectivity index (χ4v) is 2.51. The van der Waals surface area contributed by atoms with Gasteiger partial charge in [0.05, 0.1) is 5.39 Å². The molecule has 0 aliphatic carbocycles. The summed E-state index contributed by atoms with van der Waals surface area (Å²) in [6.07, 6.45) is 0.801. The van der Waals surface area contributed by atoms with Crippen LogP contribution in [0.4, 0.5) is 0 Å². The van der Waals surface area contributed by atoms with Crippen LogP contribution in [0.15, 0.2) is 29.1 Å². The maximum Gasteiger partial charge on any atom is 0.290 e. The number of hydrazine groups is 1. The van der Waals surface area contributed by atoms with Crippen molar-refractivity contribution in [1.29, 1.82) is 0 Å². The number of fused-ring (bicyclic) bond motifs is 1. The molecule has 7 nitrogen and oxygen atoms in total. The number of aryl methyl sites for hydroxylation is 1. The lowest BCUT2D eigenvalue weighted by molar-refractivity contribution is 0.0938. The molecule has 0 spiro atoms. The van der Waals surface area contributed by atoms with Crippen LogP contribution in [0, 0.1) is 5.92 Å². The number of carbonyl (C=O) groups excluding carboxylic acids is 1. The molecule has 1 aromatic carbocycles. The summed E-state index contributed by atoms with van der Waals surface area (Å²) < 4.78 is 1.36. The first kappa shape index (κ1) is 18.9. The van der Waals surface area contributed by atoms with E-state index in [0.29, 0.717) is 34.9 Å². The predicted molar refractivity (Wildman–Crippen MR) is 102 cm³/mol. The first-order valence-corrected chi connectivity index (χ1v) is 8.69. The number of hydrogen-bond acceptors (Lipinski definition) is 4. The molecular formula is C17H23N5O2S. The number of benzene rings is 1. The number of hydrogen-bond donors (Lipinski definition) is 3. The van der Waals surface area contributed by atoms with E-state index in [4.69, 9.17) is 12.2 Å². The van der Waals surface area contributed by atoms with Gasteiger partial charge in [0.2, 0.25) is 0 Å². The highest BCUT2D eigenvalue weighted by Crippen LogP contribution is 2.13. The van der Waals surface area contributed by atoms with E-state index >= 15 is 0 Å². The Kier molecular flexibility index (Phi) is 6.46. The molecule has 0 saturated carbocycles. The highest BCUT2D eigenvalue weighted by Gasteiger charge is 2.16. The van der Waals surface area contributed by atoms with Crippen molar-refractivity contribution in [3.8, 4) is 0 Å². The van der Waals surface area contributed by atoms with Crippen LogP contribution in [0.2, 0.25) is 0 Å². The summed E-state index contributed by atoms with van der Waals surface area (Å²) in [4.78, 5) is 25.1. The summed E-state index contributed by atoms with van der Waals surface area (Å²) in [5.74, 6) is -0.0219. The van der Waals surface area contributed by atoms with Crippen LogP contribution in [0.3, 0.4) is 0 Å². The normalized spacial score (nSPS) is 10.7. The monoisotopic (exact) mass is 361 g/mol. The SMILES string of the molecule is CCNC(=S)NNC(=O)c1nn(CCC(C)C)c(=O)c2ccccc12. The van der Waals surface area contributed by atoms with Gasteiger partial charge in [0, 0.05) is 18.5 Å². The Labute approximate surface area is 151 Å². The van der Waals surface area contributed by atoms with Crippen LogP contribution < -0.4 is 21.7 Å². The van der Waals surface area contributed by atoms with Gasteiger partial charge >= 0.3 is 0 Å². The van der Waals surface area contributed by atoms with Crippen LogP contribution in [-0.4, -0.2) is 27.3 Å². The minimum Gasteiger partial charge on any atom is -0.362 e. The summed E-state index contributed by atoms with van der Waals surface area (Å²) in [6, 6.07) is 6.97. The van der Waals surface area contributed by atoms with Gasteiger partial charge in [-0.2, -0.15) is 5.10 Å². The van der Waals surface area contributed by atoms with E-state index < -0.39 is 5.91 Å². The van der Waals surface area contributed by atoms with Crippen molar-refractivity contribution in [2.24, 2.45) is 5.92 Å². The third kappa shape index (κ3) is 4.76. The number of carbonyl (C=O) groups is 1. The number of rotatable bonds is 5. The second-order valence-corrected chi connectivity index (χ2v) is 6.45. The van der Waals surface area contributed by atoms with Crippen molar-refractivity contribution in [3.05, 3.63) is 40.3 Å². The van der Waals surface area contributed by atoms with Gasteiger partial charge in [0.15, 0.2) is 10.8 Å². The molecule has 0 radical (unpaired) electrons. The van der Waals surface area contributed by atoms with Gasteiger partial charge in [-0.15, -0.1) is 0 Å². The van der Waals surface area contributed by atoms with Gasteiger partial charge in [-0.1, -0.05) is 32.0 Å². The third-order valence-electron chi connectivity index (χ3n) is 3.63. The predicted octanol–water partition coefficient (Wildman–Crippen LogP) is 1.57. The molecule has 8 heteroatoms. The van der Waals surface area contributed by atoms with Crippen LogP contribution in [0.5, 0.6) is 0 Å². The van der Waals surface area contributed by atoms with Crippen LogP contribution in [0.1, 0.15) is 37.7 Å². The van der Waals surface area contributed by atoms with Crippen LogP contribution >= 0.6 is 12.2 Å². The quantitative estimate of drug-likeness (QED) is 0.553. The minimum absolute atomic E-state index is 0.186. The van der Waals surface area contributed by atoms with Crippen LogP contribution in [-0.2, 0) is 6.54 Å². The molecular weight excluding hydrogens is 338 g/mol. The average molecular weight is 361 g/mol. The molecule has 1 aromatic heterocycles. The molecule has 0 unspecified atom stereocenters. The van der Waals surface area contributed by atoms with Crippen molar-refractivity contribution in [1.82, 2.24) is 25.9 Å². The van der Waals surface area contributed by atoms with E-state index in [1.807, 2.05) is 6.92 Å². The zero-order valence-electron chi connectivity index (χ0n) is 14.6. The topological polar surface area (TPSA) is 88.0 Å². The Morgan fingerprint density at radius 2 is 1.92 bits per heavy atom. The Hall–Kier alpha value is -2.48. The number of nitrogens with one attached hydrogen (secondary N) is 3. The van der Waals surface area contributed by atoms with Crippen molar-refractivity contribution < 1.29 is 4.79 Å². The summed E-state index contributed by atoms with van der Waals surface area (Å²) in [6.45, 7) is 7.15. The van der Waals surface area contributed by atoms with E-state index in [0.717, 1.165) is 6.42 Å². The average Bonchev–Trinajstić information content (AvgIpc) is 2.59. The lowest BCUT2D eigenvalue weighted by Gasteiger charge is -2.13. The van der Waals surface area contributed by atoms with E-state index in [1.54, 1.807) is 24.3 Å². The Morgan fingerprint density at radius 3 is 2.56 bits per heavy atom. The maximum atomic E-state index is 12.6. The number of amides is 1. The Morgan fingerprint density at radius 1 is 1.24 bits per heavy atom. The summed E-state index contributed by atoms with van der Waals surface area (Å²) in [5.41, 5.74) is 5.14. The summed E-state index contributed by atoms with van der Waals surface area (Å²) >= 11 is 5.02. The van der Waals surface area contributed by atoms with Gasteiger partial charge in [-0.25, -0.2) is 4.68 Å². The standard InChI is InChI=1S/C17H23N5O2S/c1-4-18-17(25)20-19-15(23)14-12-7-5-6-8-13(12)16(24)22(21-14)10-9-11(2)3/h5-8,11H,4,9-10H2,1-3H3,(H,19,23)(H2,18,20,25). The van der Waals surface area contributed by atoms with E-state index in [-0.39, 0.29) is 11.3 Å². The summed E-state index contributed by atoms with van der Waals surface area (Å²) in [5, 5.41) is 8.46. The van der Waals surface area contributed by atoms with Gasteiger partial charge < -0.3 is 5.32 Å². The van der Waals surface area contributed by atoms with E-state index in [1.165, 1.54) is 4.68 Å². The number of nitrogens with zero attached hydrogens (tertiary/aromatic N) is 2. The highest BCUT2D eigenvalue weighted by molar-refractivity contribution is 7.80. The number of aromatic nitrogens is 2. The van der Waals surface area contributed by atoms with Crippen molar-refractivity contribution >= 4 is 34.0 Å². The number of thiocarbonyl (C=S) groups is 1.